The third-order valence-corrected chi connectivity index (χ3v) is 3.08. The fourth-order valence-electron chi connectivity index (χ4n) is 2.30. The largest absolute Gasteiger partial charge is 0.416 e. The van der Waals surface area contributed by atoms with E-state index in [2.05, 4.69) is 5.32 Å². The molecule has 0 aromatic heterocycles. The summed E-state index contributed by atoms with van der Waals surface area (Å²) in [7, 11) is 0. The topological polar surface area (TPSA) is 21.3 Å². The van der Waals surface area contributed by atoms with Gasteiger partial charge < -0.3 is 4.74 Å². The van der Waals surface area contributed by atoms with E-state index in [0.29, 0.717) is 6.54 Å². The lowest BCUT2D eigenvalue weighted by molar-refractivity contribution is -0.144. The van der Waals surface area contributed by atoms with Gasteiger partial charge in [-0.15, -0.1) is 0 Å². The summed E-state index contributed by atoms with van der Waals surface area (Å²) in [5, 5.41) is 3.03. The standard InChI is InChI=1S/C13H16F3NO/c1-11(2)8-17-12(3,18-11)9-6-4-5-7-10(9)13(14,15)16/h4-7,17H,8H2,1-3H3. The van der Waals surface area contributed by atoms with Crippen LogP contribution < -0.4 is 5.32 Å². The second-order valence-corrected chi connectivity index (χ2v) is 5.29. The lowest BCUT2D eigenvalue weighted by Crippen LogP contribution is -2.36. The van der Waals surface area contributed by atoms with Crippen molar-refractivity contribution in [3.63, 3.8) is 0 Å². The van der Waals surface area contributed by atoms with Crippen LogP contribution in [0.15, 0.2) is 24.3 Å². The molecule has 0 spiro atoms. The zero-order valence-electron chi connectivity index (χ0n) is 10.6. The van der Waals surface area contributed by atoms with Gasteiger partial charge in [0.15, 0.2) is 0 Å². The minimum atomic E-state index is -4.38. The van der Waals surface area contributed by atoms with Crippen LogP contribution in [0.2, 0.25) is 0 Å². The fraction of sp³-hybridized carbons (Fsp3) is 0.538. The number of hydrogen-bond acceptors (Lipinski definition) is 2. The molecule has 1 heterocycles. The van der Waals surface area contributed by atoms with Gasteiger partial charge in [0.1, 0.15) is 5.72 Å². The molecular formula is C13H16F3NO. The van der Waals surface area contributed by atoms with Crippen molar-refractivity contribution >= 4 is 0 Å². The zero-order valence-corrected chi connectivity index (χ0v) is 10.6. The van der Waals surface area contributed by atoms with Crippen molar-refractivity contribution in [1.82, 2.24) is 5.32 Å². The average Bonchev–Trinajstić information content (AvgIpc) is 2.53. The Kier molecular flexibility index (Phi) is 2.94. The van der Waals surface area contributed by atoms with Gasteiger partial charge in [-0.3, -0.25) is 5.32 Å². The molecule has 1 aliphatic heterocycles. The summed E-state index contributed by atoms with van der Waals surface area (Å²) in [4.78, 5) is 0. The lowest BCUT2D eigenvalue weighted by atomic mass is 9.98. The number of halogens is 3. The zero-order chi connectivity index (χ0) is 13.6. The highest BCUT2D eigenvalue weighted by Gasteiger charge is 2.46. The van der Waals surface area contributed by atoms with E-state index >= 15 is 0 Å². The minimum absolute atomic E-state index is 0.128. The number of nitrogens with one attached hydrogen (secondary N) is 1. The highest BCUT2D eigenvalue weighted by atomic mass is 19.4. The Hall–Kier alpha value is -1.07. The molecule has 1 aliphatic rings. The third-order valence-electron chi connectivity index (χ3n) is 3.08. The summed E-state index contributed by atoms with van der Waals surface area (Å²) >= 11 is 0. The molecule has 2 nitrogen and oxygen atoms in total. The molecule has 1 N–H and O–H groups in total. The predicted octanol–water partition coefficient (Wildman–Crippen LogP) is 3.28. The quantitative estimate of drug-likeness (QED) is 0.835. The van der Waals surface area contributed by atoms with Gasteiger partial charge in [0.25, 0.3) is 0 Å². The Morgan fingerprint density at radius 3 is 2.28 bits per heavy atom. The first kappa shape index (κ1) is 13.4. The molecule has 0 saturated carbocycles. The Bertz CT molecular complexity index is 456. The van der Waals surface area contributed by atoms with Crippen LogP contribution in [0.4, 0.5) is 13.2 Å². The maximum Gasteiger partial charge on any atom is 0.416 e. The van der Waals surface area contributed by atoms with Crippen LogP contribution in [0.1, 0.15) is 31.9 Å². The maximum absolute atomic E-state index is 13.0. The van der Waals surface area contributed by atoms with Crippen LogP contribution in [0, 0.1) is 0 Å². The number of rotatable bonds is 1. The van der Waals surface area contributed by atoms with E-state index in [-0.39, 0.29) is 5.56 Å². The second-order valence-electron chi connectivity index (χ2n) is 5.29. The van der Waals surface area contributed by atoms with Crippen molar-refractivity contribution in [2.45, 2.75) is 38.3 Å². The number of ether oxygens (including phenoxy) is 1. The Labute approximate surface area is 104 Å². The monoisotopic (exact) mass is 259 g/mol. The fourth-order valence-corrected chi connectivity index (χ4v) is 2.30. The van der Waals surface area contributed by atoms with Crippen LogP contribution in [0.3, 0.4) is 0 Å². The first-order valence-electron chi connectivity index (χ1n) is 5.76. The van der Waals surface area contributed by atoms with Gasteiger partial charge in [-0.05, 0) is 26.8 Å². The predicted molar refractivity (Wildman–Crippen MR) is 62.0 cm³/mol. The van der Waals surface area contributed by atoms with Crippen molar-refractivity contribution < 1.29 is 17.9 Å². The SMILES string of the molecule is CC1(C)CNC(C)(c2ccccc2C(F)(F)F)O1. The summed E-state index contributed by atoms with van der Waals surface area (Å²) in [5.74, 6) is 0. The van der Waals surface area contributed by atoms with Crippen molar-refractivity contribution in [2.75, 3.05) is 6.54 Å². The van der Waals surface area contributed by atoms with E-state index in [1.807, 2.05) is 13.8 Å². The van der Waals surface area contributed by atoms with Gasteiger partial charge in [-0.1, -0.05) is 18.2 Å². The van der Waals surface area contributed by atoms with E-state index in [9.17, 15) is 13.2 Å². The van der Waals surface area contributed by atoms with E-state index in [1.54, 1.807) is 13.0 Å². The maximum atomic E-state index is 13.0. The highest BCUT2D eigenvalue weighted by Crippen LogP contribution is 2.40. The summed E-state index contributed by atoms with van der Waals surface area (Å²) in [6, 6.07) is 5.51. The molecule has 0 aliphatic carbocycles. The lowest BCUT2D eigenvalue weighted by Gasteiger charge is -2.30. The third kappa shape index (κ3) is 2.37. The normalized spacial score (nSPS) is 27.4. The van der Waals surface area contributed by atoms with Crippen LogP contribution in [0.25, 0.3) is 0 Å². The van der Waals surface area contributed by atoms with Gasteiger partial charge >= 0.3 is 6.18 Å². The van der Waals surface area contributed by atoms with Crippen molar-refractivity contribution in [3.05, 3.63) is 35.4 Å². The van der Waals surface area contributed by atoms with E-state index in [1.165, 1.54) is 12.1 Å². The average molecular weight is 259 g/mol. The molecule has 1 unspecified atom stereocenters. The number of hydrogen-bond donors (Lipinski definition) is 1. The van der Waals surface area contributed by atoms with Gasteiger partial charge in [-0.2, -0.15) is 13.2 Å². The molecule has 1 fully saturated rings. The molecule has 18 heavy (non-hydrogen) atoms. The van der Waals surface area contributed by atoms with E-state index in [4.69, 9.17) is 4.74 Å². The number of alkyl halides is 3. The summed E-state index contributed by atoms with van der Waals surface area (Å²) in [6.45, 7) is 5.84. The molecule has 0 radical (unpaired) electrons. The first-order chi connectivity index (χ1) is 8.14. The molecule has 1 saturated heterocycles. The van der Waals surface area contributed by atoms with Crippen molar-refractivity contribution in [2.24, 2.45) is 0 Å². The van der Waals surface area contributed by atoms with Gasteiger partial charge in [0, 0.05) is 12.1 Å². The molecule has 1 aromatic rings. The molecular weight excluding hydrogens is 243 g/mol. The van der Waals surface area contributed by atoms with Crippen LogP contribution in [-0.4, -0.2) is 12.1 Å². The smallest absolute Gasteiger partial charge is 0.349 e. The van der Waals surface area contributed by atoms with Gasteiger partial charge in [-0.25, -0.2) is 0 Å². The summed E-state index contributed by atoms with van der Waals surface area (Å²) in [6.07, 6.45) is -4.38. The van der Waals surface area contributed by atoms with Crippen molar-refractivity contribution in [3.8, 4) is 0 Å². The molecule has 100 valence electrons. The van der Waals surface area contributed by atoms with Gasteiger partial charge in [0.05, 0.1) is 11.2 Å². The Balaban J connectivity index is 2.46. The molecule has 1 atom stereocenters. The molecule has 5 heteroatoms. The van der Waals surface area contributed by atoms with Crippen LogP contribution in [0.5, 0.6) is 0 Å². The molecule has 2 rings (SSSR count). The van der Waals surface area contributed by atoms with E-state index in [0.717, 1.165) is 6.07 Å². The molecule has 0 bridgehead atoms. The van der Waals surface area contributed by atoms with Crippen LogP contribution in [-0.2, 0) is 16.6 Å². The Morgan fingerprint density at radius 1 is 1.17 bits per heavy atom. The number of benzene rings is 1. The van der Waals surface area contributed by atoms with Crippen LogP contribution >= 0.6 is 0 Å². The first-order valence-corrected chi connectivity index (χ1v) is 5.76. The summed E-state index contributed by atoms with van der Waals surface area (Å²) < 4.78 is 44.7. The Morgan fingerprint density at radius 2 is 1.78 bits per heavy atom. The van der Waals surface area contributed by atoms with E-state index < -0.39 is 23.1 Å². The molecule has 0 amide bonds. The highest BCUT2D eigenvalue weighted by molar-refractivity contribution is 5.34. The molecule has 1 aromatic carbocycles. The second kappa shape index (κ2) is 3.96. The van der Waals surface area contributed by atoms with Crippen molar-refractivity contribution in [1.29, 1.82) is 0 Å². The minimum Gasteiger partial charge on any atom is -0.349 e. The summed E-state index contributed by atoms with van der Waals surface area (Å²) in [5.41, 5.74) is -2.11. The van der Waals surface area contributed by atoms with Gasteiger partial charge in [0.2, 0.25) is 0 Å².